The fraction of sp³-hybridized carbons (Fsp3) is 0.682. The average molecular weight is 357 g/mol. The van der Waals surface area contributed by atoms with E-state index in [0.29, 0.717) is 11.8 Å². The van der Waals surface area contributed by atoms with Crippen molar-refractivity contribution in [2.24, 2.45) is 17.3 Å². The summed E-state index contributed by atoms with van der Waals surface area (Å²) in [5.74, 6) is 1.44. The van der Waals surface area contributed by atoms with E-state index in [-0.39, 0.29) is 11.3 Å². The molecule has 4 heteroatoms. The zero-order chi connectivity index (χ0) is 18.0. The number of rotatable bonds is 5. The van der Waals surface area contributed by atoms with E-state index >= 15 is 0 Å². The van der Waals surface area contributed by atoms with Crippen LogP contribution in [0.25, 0.3) is 0 Å². The van der Waals surface area contributed by atoms with Crippen LogP contribution >= 0.6 is 0 Å². The van der Waals surface area contributed by atoms with Crippen molar-refractivity contribution < 1.29 is 14.3 Å². The zero-order valence-electron chi connectivity index (χ0n) is 15.9. The topological polar surface area (TPSA) is 38.8 Å². The lowest BCUT2D eigenvalue weighted by Crippen LogP contribution is -2.35. The SMILES string of the molecule is Cc1ccccc1C(=O)N1C[C@H]2CCC[C@@]2(COCC2CCOCC2)C1. The van der Waals surface area contributed by atoms with Gasteiger partial charge in [-0.15, -0.1) is 0 Å². The number of aryl methyl sites for hydroxylation is 1. The van der Waals surface area contributed by atoms with Gasteiger partial charge < -0.3 is 14.4 Å². The summed E-state index contributed by atoms with van der Waals surface area (Å²) < 4.78 is 11.7. The Hall–Kier alpha value is -1.39. The Morgan fingerprint density at radius 1 is 1.27 bits per heavy atom. The molecule has 142 valence electrons. The van der Waals surface area contributed by atoms with Crippen molar-refractivity contribution in [3.05, 3.63) is 35.4 Å². The Balaban J connectivity index is 1.38. The number of hydrogen-bond donors (Lipinski definition) is 0. The number of benzene rings is 1. The summed E-state index contributed by atoms with van der Waals surface area (Å²) in [5, 5.41) is 0. The number of fused-ring (bicyclic) bond motifs is 1. The van der Waals surface area contributed by atoms with Crippen LogP contribution < -0.4 is 0 Å². The van der Waals surface area contributed by atoms with Crippen LogP contribution in [0.4, 0.5) is 0 Å². The fourth-order valence-corrected chi connectivity index (χ4v) is 5.13. The Morgan fingerprint density at radius 3 is 2.88 bits per heavy atom. The van der Waals surface area contributed by atoms with E-state index in [4.69, 9.17) is 9.47 Å². The minimum Gasteiger partial charge on any atom is -0.381 e. The maximum atomic E-state index is 13.0. The smallest absolute Gasteiger partial charge is 0.254 e. The van der Waals surface area contributed by atoms with Gasteiger partial charge in [0.1, 0.15) is 0 Å². The lowest BCUT2D eigenvalue weighted by atomic mass is 9.81. The molecule has 0 N–H and O–H groups in total. The molecule has 3 fully saturated rings. The second kappa shape index (κ2) is 7.69. The molecule has 1 amide bonds. The first kappa shape index (κ1) is 18.0. The Bertz CT molecular complexity index is 640. The number of carbonyl (C=O) groups is 1. The van der Waals surface area contributed by atoms with E-state index in [1.54, 1.807) is 0 Å². The highest BCUT2D eigenvalue weighted by atomic mass is 16.5. The van der Waals surface area contributed by atoms with Crippen LogP contribution in [0.15, 0.2) is 24.3 Å². The first-order valence-electron chi connectivity index (χ1n) is 10.2. The minimum atomic E-state index is 0.184. The number of carbonyl (C=O) groups excluding carboxylic acids is 1. The van der Waals surface area contributed by atoms with Crippen molar-refractivity contribution in [2.75, 3.05) is 39.5 Å². The third kappa shape index (κ3) is 3.54. The first-order chi connectivity index (χ1) is 12.7. The molecule has 0 radical (unpaired) electrons. The molecule has 2 aliphatic heterocycles. The van der Waals surface area contributed by atoms with Gasteiger partial charge in [-0.25, -0.2) is 0 Å². The lowest BCUT2D eigenvalue weighted by molar-refractivity contribution is -0.0123. The third-order valence-electron chi connectivity index (χ3n) is 6.79. The Labute approximate surface area is 156 Å². The van der Waals surface area contributed by atoms with Gasteiger partial charge in [-0.1, -0.05) is 24.6 Å². The van der Waals surface area contributed by atoms with E-state index in [0.717, 1.165) is 63.5 Å². The largest absolute Gasteiger partial charge is 0.381 e. The molecule has 2 atom stereocenters. The summed E-state index contributed by atoms with van der Waals surface area (Å²) in [4.78, 5) is 15.1. The predicted molar refractivity (Wildman–Crippen MR) is 101 cm³/mol. The van der Waals surface area contributed by atoms with Crippen LogP contribution in [-0.2, 0) is 9.47 Å². The molecule has 4 nitrogen and oxygen atoms in total. The molecule has 0 aromatic heterocycles. The highest BCUT2D eigenvalue weighted by Crippen LogP contribution is 2.49. The number of hydrogen-bond acceptors (Lipinski definition) is 3. The molecule has 1 aromatic rings. The first-order valence-corrected chi connectivity index (χ1v) is 10.2. The zero-order valence-corrected chi connectivity index (χ0v) is 15.9. The molecule has 1 saturated carbocycles. The summed E-state index contributed by atoms with van der Waals surface area (Å²) in [6, 6.07) is 7.94. The molecule has 0 bridgehead atoms. The number of nitrogens with zero attached hydrogens (tertiary/aromatic N) is 1. The fourth-order valence-electron chi connectivity index (χ4n) is 5.13. The second-order valence-corrected chi connectivity index (χ2v) is 8.52. The average Bonchev–Trinajstić information content (AvgIpc) is 3.20. The summed E-state index contributed by atoms with van der Waals surface area (Å²) in [6.07, 6.45) is 5.95. The van der Waals surface area contributed by atoms with E-state index in [9.17, 15) is 4.79 Å². The molecule has 1 aromatic carbocycles. The highest BCUT2D eigenvalue weighted by Gasteiger charge is 2.50. The van der Waals surface area contributed by atoms with Crippen molar-refractivity contribution in [3.8, 4) is 0 Å². The quantitative estimate of drug-likeness (QED) is 0.807. The lowest BCUT2D eigenvalue weighted by Gasteiger charge is -2.30. The Morgan fingerprint density at radius 2 is 2.08 bits per heavy atom. The van der Waals surface area contributed by atoms with E-state index < -0.39 is 0 Å². The van der Waals surface area contributed by atoms with Crippen LogP contribution in [0.5, 0.6) is 0 Å². The van der Waals surface area contributed by atoms with Crippen LogP contribution in [0.3, 0.4) is 0 Å². The van der Waals surface area contributed by atoms with E-state index in [1.165, 1.54) is 19.3 Å². The molecular formula is C22H31NO3. The molecule has 3 aliphatic rings. The summed E-state index contributed by atoms with van der Waals surface area (Å²) in [5.41, 5.74) is 2.11. The van der Waals surface area contributed by atoms with Gasteiger partial charge in [0, 0.05) is 43.9 Å². The predicted octanol–water partition coefficient (Wildman–Crippen LogP) is 3.68. The van der Waals surface area contributed by atoms with Gasteiger partial charge >= 0.3 is 0 Å². The van der Waals surface area contributed by atoms with Crippen molar-refractivity contribution in [1.82, 2.24) is 4.90 Å². The van der Waals surface area contributed by atoms with Crippen molar-refractivity contribution in [3.63, 3.8) is 0 Å². The van der Waals surface area contributed by atoms with Crippen molar-refractivity contribution in [2.45, 2.75) is 39.0 Å². The van der Waals surface area contributed by atoms with Gasteiger partial charge in [-0.2, -0.15) is 0 Å². The minimum absolute atomic E-state index is 0.184. The van der Waals surface area contributed by atoms with E-state index in [2.05, 4.69) is 4.90 Å². The van der Waals surface area contributed by atoms with Gasteiger partial charge in [-0.3, -0.25) is 4.79 Å². The van der Waals surface area contributed by atoms with Crippen LogP contribution in [0.2, 0.25) is 0 Å². The van der Waals surface area contributed by atoms with Crippen LogP contribution in [0, 0.1) is 24.2 Å². The van der Waals surface area contributed by atoms with Crippen LogP contribution in [0.1, 0.15) is 48.0 Å². The van der Waals surface area contributed by atoms with Gasteiger partial charge in [0.25, 0.3) is 5.91 Å². The third-order valence-corrected chi connectivity index (χ3v) is 6.79. The molecule has 2 saturated heterocycles. The van der Waals surface area contributed by atoms with Gasteiger partial charge in [-0.05, 0) is 56.1 Å². The standard InChI is InChI=1S/C22H31NO3/c1-17-5-2-3-7-20(17)21(24)23-13-19-6-4-10-22(19,15-23)16-26-14-18-8-11-25-12-9-18/h2-3,5,7,18-19H,4,6,8-16H2,1H3/t19-,22+/m1/s1. The van der Waals surface area contributed by atoms with Gasteiger partial charge in [0.05, 0.1) is 6.61 Å². The van der Waals surface area contributed by atoms with Gasteiger partial charge in [0.15, 0.2) is 0 Å². The molecule has 26 heavy (non-hydrogen) atoms. The normalized spacial score (nSPS) is 29.1. The number of likely N-dealkylation sites (tertiary alicyclic amines) is 1. The molecular weight excluding hydrogens is 326 g/mol. The molecule has 0 spiro atoms. The van der Waals surface area contributed by atoms with Gasteiger partial charge in [0.2, 0.25) is 0 Å². The number of amides is 1. The maximum Gasteiger partial charge on any atom is 0.254 e. The van der Waals surface area contributed by atoms with Crippen LogP contribution in [-0.4, -0.2) is 50.3 Å². The maximum absolute atomic E-state index is 13.0. The van der Waals surface area contributed by atoms with Crippen molar-refractivity contribution >= 4 is 5.91 Å². The monoisotopic (exact) mass is 357 g/mol. The summed E-state index contributed by atoms with van der Waals surface area (Å²) in [7, 11) is 0. The summed E-state index contributed by atoms with van der Waals surface area (Å²) in [6.45, 7) is 7.19. The molecule has 2 heterocycles. The molecule has 0 unspecified atom stereocenters. The van der Waals surface area contributed by atoms with E-state index in [1.807, 2.05) is 31.2 Å². The second-order valence-electron chi connectivity index (χ2n) is 8.52. The number of ether oxygens (including phenoxy) is 2. The summed E-state index contributed by atoms with van der Waals surface area (Å²) >= 11 is 0. The Kier molecular flexibility index (Phi) is 5.32. The molecule has 4 rings (SSSR count). The van der Waals surface area contributed by atoms with Crippen molar-refractivity contribution in [1.29, 1.82) is 0 Å². The highest BCUT2D eigenvalue weighted by molar-refractivity contribution is 5.95. The molecule has 1 aliphatic carbocycles.